The predicted octanol–water partition coefficient (Wildman–Crippen LogP) is 1.87. The summed E-state index contributed by atoms with van der Waals surface area (Å²) in [5, 5.41) is 7.03. The Hall–Kier alpha value is -0.870. The average molecular weight is 259 g/mol. The van der Waals surface area contributed by atoms with Crippen molar-refractivity contribution in [2.24, 2.45) is 0 Å². The summed E-state index contributed by atoms with van der Waals surface area (Å²) >= 11 is 0. The van der Waals surface area contributed by atoms with E-state index in [1.807, 2.05) is 6.07 Å². The van der Waals surface area contributed by atoms with Crippen LogP contribution in [0.15, 0.2) is 10.6 Å². The Labute approximate surface area is 108 Å². The highest BCUT2D eigenvalue weighted by molar-refractivity contribution is 5.86. The van der Waals surface area contributed by atoms with Crippen molar-refractivity contribution in [1.29, 1.82) is 0 Å². The van der Waals surface area contributed by atoms with Crippen LogP contribution < -0.4 is 5.32 Å². The minimum Gasteiger partial charge on any atom is -0.361 e. The van der Waals surface area contributed by atoms with Crippen LogP contribution in [0, 0.1) is 0 Å². The number of halogens is 1. The lowest BCUT2D eigenvalue weighted by molar-refractivity contribution is -0.122. The van der Waals surface area contributed by atoms with Crippen LogP contribution in [0.5, 0.6) is 0 Å². The van der Waals surface area contributed by atoms with Crippen LogP contribution in [0.2, 0.25) is 0 Å². The van der Waals surface area contributed by atoms with Crippen molar-refractivity contribution in [1.82, 2.24) is 10.5 Å². The summed E-state index contributed by atoms with van der Waals surface area (Å²) in [5.74, 6) is 1.04. The molecular formula is C12H19ClN2O2. The zero-order valence-electron chi connectivity index (χ0n) is 10.4. The molecule has 1 N–H and O–H groups in total. The van der Waals surface area contributed by atoms with Crippen molar-refractivity contribution in [2.45, 2.75) is 45.1 Å². The number of aromatic nitrogens is 1. The molecule has 0 amide bonds. The van der Waals surface area contributed by atoms with Crippen LogP contribution in [0.1, 0.15) is 38.6 Å². The van der Waals surface area contributed by atoms with Crippen LogP contribution in [0.25, 0.3) is 0 Å². The highest BCUT2D eigenvalue weighted by Crippen LogP contribution is 2.23. The van der Waals surface area contributed by atoms with Gasteiger partial charge in [-0.1, -0.05) is 25.9 Å². The molecule has 0 saturated carbocycles. The molecule has 1 atom stereocenters. The molecule has 1 aromatic heterocycles. The van der Waals surface area contributed by atoms with Crippen LogP contribution in [-0.4, -0.2) is 23.5 Å². The normalized spacial score (nSPS) is 19.4. The van der Waals surface area contributed by atoms with E-state index in [9.17, 15) is 4.79 Å². The van der Waals surface area contributed by atoms with Gasteiger partial charge in [-0.2, -0.15) is 0 Å². The van der Waals surface area contributed by atoms with E-state index in [1.165, 1.54) is 0 Å². The molecule has 1 aliphatic rings. The second kappa shape index (κ2) is 5.19. The zero-order chi connectivity index (χ0) is 11.8. The number of nitrogens with one attached hydrogen (secondary N) is 1. The van der Waals surface area contributed by atoms with Crippen molar-refractivity contribution in [3.05, 3.63) is 17.5 Å². The maximum atomic E-state index is 11.7. The minimum atomic E-state index is -0.0526. The molecule has 0 aromatic carbocycles. The van der Waals surface area contributed by atoms with Gasteiger partial charge in [0.2, 0.25) is 0 Å². The molecule has 0 unspecified atom stereocenters. The van der Waals surface area contributed by atoms with Gasteiger partial charge in [0.05, 0.1) is 18.2 Å². The Morgan fingerprint density at radius 1 is 1.59 bits per heavy atom. The summed E-state index contributed by atoms with van der Waals surface area (Å²) in [5.41, 5.74) is 0.687. The van der Waals surface area contributed by atoms with Gasteiger partial charge in [0, 0.05) is 11.5 Å². The van der Waals surface area contributed by atoms with Gasteiger partial charge in [-0.05, 0) is 13.0 Å². The molecule has 2 rings (SSSR count). The Morgan fingerprint density at radius 2 is 2.24 bits per heavy atom. The van der Waals surface area contributed by atoms with Gasteiger partial charge in [-0.3, -0.25) is 4.79 Å². The maximum absolute atomic E-state index is 11.7. The summed E-state index contributed by atoms with van der Waals surface area (Å²) in [6.45, 7) is 7.13. The monoisotopic (exact) mass is 258 g/mol. The van der Waals surface area contributed by atoms with Gasteiger partial charge in [-0.15, -0.1) is 12.4 Å². The van der Waals surface area contributed by atoms with Crippen LogP contribution >= 0.6 is 12.4 Å². The lowest BCUT2D eigenvalue weighted by Crippen LogP contribution is -2.49. The number of Topliss-reactive ketones (excluding diaryl/α,β-unsaturated/α-hetero) is 1. The van der Waals surface area contributed by atoms with E-state index in [4.69, 9.17) is 4.52 Å². The van der Waals surface area contributed by atoms with Crippen molar-refractivity contribution in [2.75, 3.05) is 6.54 Å². The first-order valence-corrected chi connectivity index (χ1v) is 5.69. The highest BCUT2D eigenvalue weighted by atomic mass is 35.5. The number of carbonyl (C=O) groups excluding carboxylic acids is 1. The molecule has 5 heteroatoms. The second-order valence-electron chi connectivity index (χ2n) is 5.37. The van der Waals surface area contributed by atoms with Crippen molar-refractivity contribution in [3.63, 3.8) is 0 Å². The third-order valence-corrected chi connectivity index (χ3v) is 2.87. The van der Waals surface area contributed by atoms with Crippen LogP contribution in [0.3, 0.4) is 0 Å². The summed E-state index contributed by atoms with van der Waals surface area (Å²) in [7, 11) is 0. The number of nitrogens with zero attached hydrogens (tertiary/aromatic N) is 1. The number of ketones is 1. The van der Waals surface area contributed by atoms with Gasteiger partial charge in [0.1, 0.15) is 5.76 Å². The number of hydrogen-bond acceptors (Lipinski definition) is 4. The molecule has 0 bridgehead atoms. The van der Waals surface area contributed by atoms with Gasteiger partial charge in [0.25, 0.3) is 0 Å². The predicted molar refractivity (Wildman–Crippen MR) is 67.6 cm³/mol. The van der Waals surface area contributed by atoms with Crippen molar-refractivity contribution in [3.8, 4) is 0 Å². The Balaban J connectivity index is 0.00000144. The Kier molecular flexibility index (Phi) is 4.33. The fourth-order valence-electron chi connectivity index (χ4n) is 1.61. The van der Waals surface area contributed by atoms with E-state index in [0.717, 1.165) is 24.4 Å². The first kappa shape index (κ1) is 14.2. The topological polar surface area (TPSA) is 55.1 Å². The second-order valence-corrected chi connectivity index (χ2v) is 5.37. The lowest BCUT2D eigenvalue weighted by Gasteiger charge is -2.25. The molecular weight excluding hydrogens is 240 g/mol. The number of rotatable bonds is 3. The molecule has 1 aromatic rings. The van der Waals surface area contributed by atoms with E-state index >= 15 is 0 Å². The van der Waals surface area contributed by atoms with Gasteiger partial charge in [0.15, 0.2) is 5.78 Å². The van der Waals surface area contributed by atoms with Crippen LogP contribution in [-0.2, 0) is 16.6 Å². The van der Waals surface area contributed by atoms with Crippen molar-refractivity contribution < 1.29 is 9.32 Å². The van der Waals surface area contributed by atoms with E-state index in [1.54, 1.807) is 0 Å². The molecule has 0 spiro atoms. The van der Waals surface area contributed by atoms with Gasteiger partial charge >= 0.3 is 0 Å². The molecule has 17 heavy (non-hydrogen) atoms. The van der Waals surface area contributed by atoms with E-state index in [0.29, 0.717) is 6.42 Å². The first-order valence-electron chi connectivity index (χ1n) is 5.69. The summed E-state index contributed by atoms with van der Waals surface area (Å²) in [6.07, 6.45) is 1.32. The molecule has 1 saturated heterocycles. The fourth-order valence-corrected chi connectivity index (χ4v) is 1.61. The minimum absolute atomic E-state index is 0. The quantitative estimate of drug-likeness (QED) is 0.899. The molecule has 96 valence electrons. The van der Waals surface area contributed by atoms with Crippen molar-refractivity contribution >= 4 is 18.2 Å². The van der Waals surface area contributed by atoms with E-state index in [2.05, 4.69) is 31.2 Å². The number of hydrogen-bond donors (Lipinski definition) is 1. The summed E-state index contributed by atoms with van der Waals surface area (Å²) < 4.78 is 5.24. The summed E-state index contributed by atoms with van der Waals surface area (Å²) in [6, 6.07) is 1.92. The molecule has 1 aliphatic heterocycles. The third kappa shape index (κ3) is 3.30. The maximum Gasteiger partial charge on any atom is 0.155 e. The Morgan fingerprint density at radius 3 is 2.65 bits per heavy atom. The van der Waals surface area contributed by atoms with E-state index in [-0.39, 0.29) is 29.6 Å². The van der Waals surface area contributed by atoms with Crippen LogP contribution in [0.4, 0.5) is 0 Å². The number of carbonyl (C=O) groups is 1. The lowest BCUT2D eigenvalue weighted by atomic mass is 9.92. The summed E-state index contributed by atoms with van der Waals surface area (Å²) in [4.78, 5) is 11.7. The highest BCUT2D eigenvalue weighted by Gasteiger charge is 2.26. The molecule has 2 heterocycles. The average Bonchev–Trinajstić information content (AvgIpc) is 2.47. The van der Waals surface area contributed by atoms with E-state index < -0.39 is 0 Å². The zero-order valence-corrected chi connectivity index (χ0v) is 11.3. The smallest absolute Gasteiger partial charge is 0.155 e. The Bertz CT molecular complexity index is 391. The standard InChI is InChI=1S/C12H18N2O2.ClH/c1-12(2,3)11-7-8(14-16-11)6-10(15)9-4-5-13-9;/h7,9,13H,4-6H2,1-3H3;1H/t9-;/m0./s1. The molecule has 1 fully saturated rings. The fraction of sp³-hybridized carbons (Fsp3) is 0.667. The largest absolute Gasteiger partial charge is 0.361 e. The SMILES string of the molecule is CC(C)(C)c1cc(CC(=O)[C@@H]2CCN2)no1.Cl. The van der Waals surface area contributed by atoms with Gasteiger partial charge in [-0.25, -0.2) is 0 Å². The first-order chi connectivity index (χ1) is 7.47. The molecule has 4 nitrogen and oxygen atoms in total. The van der Waals surface area contributed by atoms with Gasteiger partial charge < -0.3 is 9.84 Å². The third-order valence-electron chi connectivity index (χ3n) is 2.87. The molecule has 0 aliphatic carbocycles. The molecule has 0 radical (unpaired) electrons.